The van der Waals surface area contributed by atoms with E-state index in [4.69, 9.17) is 18.9 Å². The molecular weight excluding hydrogens is 312 g/mol. The topological polar surface area (TPSA) is 71.1 Å². The minimum Gasteiger partial charge on any atom is -0.496 e. The van der Waals surface area contributed by atoms with Crippen LogP contribution >= 0.6 is 0 Å². The van der Waals surface area contributed by atoms with Gasteiger partial charge in [-0.15, -0.1) is 0 Å². The van der Waals surface area contributed by atoms with Crippen molar-refractivity contribution in [3.05, 3.63) is 29.3 Å². The number of fused-ring (bicyclic) bond motifs is 1. The number of carbonyl (C=O) groups excluding carboxylic acids is 2. The molecule has 0 aromatic heterocycles. The van der Waals surface area contributed by atoms with Crippen LogP contribution in [0.5, 0.6) is 11.5 Å². The van der Waals surface area contributed by atoms with E-state index in [1.807, 2.05) is 32.1 Å². The van der Waals surface area contributed by atoms with Crippen LogP contribution in [-0.2, 0) is 25.5 Å². The lowest BCUT2D eigenvalue weighted by atomic mass is 9.94. The molecular formula is C18H22O6. The summed E-state index contributed by atoms with van der Waals surface area (Å²) in [4.78, 5) is 23.8. The standard InChI is InChI=1S/C18H22O6/c1-18(2)9-8-12-14(24-18)7-6-11(15(12)21-3)10-13(16(19)22-4)17(20)23-5/h6-9,13H,10H2,1-5H3. The Balaban J connectivity index is 2.41. The molecule has 0 spiro atoms. The third kappa shape index (κ3) is 3.53. The second-order valence-electron chi connectivity index (χ2n) is 6.01. The maximum Gasteiger partial charge on any atom is 0.320 e. The Hall–Kier alpha value is -2.50. The van der Waals surface area contributed by atoms with Crippen LogP contribution in [-0.4, -0.2) is 38.9 Å². The van der Waals surface area contributed by atoms with Crippen molar-refractivity contribution in [3.63, 3.8) is 0 Å². The number of ether oxygens (including phenoxy) is 4. The molecule has 0 bridgehead atoms. The summed E-state index contributed by atoms with van der Waals surface area (Å²) in [6, 6.07) is 3.59. The fraction of sp³-hybridized carbons (Fsp3) is 0.444. The van der Waals surface area contributed by atoms with Crippen molar-refractivity contribution in [2.24, 2.45) is 5.92 Å². The van der Waals surface area contributed by atoms with Gasteiger partial charge in [-0.3, -0.25) is 9.59 Å². The van der Waals surface area contributed by atoms with E-state index in [-0.39, 0.29) is 6.42 Å². The van der Waals surface area contributed by atoms with Gasteiger partial charge in [0, 0.05) is 6.42 Å². The van der Waals surface area contributed by atoms with Gasteiger partial charge in [-0.25, -0.2) is 0 Å². The Bertz CT molecular complexity index is 658. The van der Waals surface area contributed by atoms with Crippen molar-refractivity contribution in [3.8, 4) is 11.5 Å². The zero-order valence-electron chi connectivity index (χ0n) is 14.5. The fourth-order valence-corrected chi connectivity index (χ4v) is 2.64. The number of methoxy groups -OCH3 is 3. The van der Waals surface area contributed by atoms with Gasteiger partial charge in [0.25, 0.3) is 0 Å². The first kappa shape index (κ1) is 17.8. The summed E-state index contributed by atoms with van der Waals surface area (Å²) in [6.45, 7) is 3.91. The zero-order chi connectivity index (χ0) is 17.9. The first-order valence-electron chi connectivity index (χ1n) is 7.56. The number of hydrogen-bond donors (Lipinski definition) is 0. The molecule has 2 rings (SSSR count). The molecule has 1 heterocycles. The lowest BCUT2D eigenvalue weighted by Crippen LogP contribution is -2.29. The number of rotatable bonds is 5. The van der Waals surface area contributed by atoms with E-state index in [0.717, 1.165) is 5.56 Å². The molecule has 1 aliphatic rings. The Morgan fingerprint density at radius 1 is 1.12 bits per heavy atom. The van der Waals surface area contributed by atoms with E-state index >= 15 is 0 Å². The first-order chi connectivity index (χ1) is 11.3. The summed E-state index contributed by atoms with van der Waals surface area (Å²) in [5, 5.41) is 0. The van der Waals surface area contributed by atoms with Crippen LogP contribution in [0, 0.1) is 5.92 Å². The highest BCUT2D eigenvalue weighted by Gasteiger charge is 2.31. The van der Waals surface area contributed by atoms with E-state index in [2.05, 4.69) is 0 Å². The molecule has 0 saturated carbocycles. The summed E-state index contributed by atoms with van der Waals surface area (Å²) in [5.74, 6) is -1.08. The maximum absolute atomic E-state index is 11.9. The van der Waals surface area contributed by atoms with Crippen LogP contribution in [0.15, 0.2) is 18.2 Å². The fourth-order valence-electron chi connectivity index (χ4n) is 2.64. The molecule has 0 N–H and O–H groups in total. The lowest BCUT2D eigenvalue weighted by Gasteiger charge is -2.29. The van der Waals surface area contributed by atoms with E-state index < -0.39 is 23.5 Å². The molecule has 130 valence electrons. The minimum atomic E-state index is -1.04. The van der Waals surface area contributed by atoms with Crippen molar-refractivity contribution in [2.75, 3.05) is 21.3 Å². The van der Waals surface area contributed by atoms with E-state index in [1.165, 1.54) is 21.3 Å². The van der Waals surface area contributed by atoms with Gasteiger partial charge in [-0.05, 0) is 37.6 Å². The molecule has 0 aliphatic carbocycles. The van der Waals surface area contributed by atoms with Crippen LogP contribution in [0.4, 0.5) is 0 Å². The molecule has 1 aromatic carbocycles. The Labute approximate surface area is 141 Å². The molecule has 0 unspecified atom stereocenters. The monoisotopic (exact) mass is 334 g/mol. The quantitative estimate of drug-likeness (QED) is 0.608. The van der Waals surface area contributed by atoms with E-state index in [9.17, 15) is 9.59 Å². The normalized spacial score (nSPS) is 14.6. The van der Waals surface area contributed by atoms with Crippen LogP contribution in [0.25, 0.3) is 6.08 Å². The van der Waals surface area contributed by atoms with Gasteiger partial charge in [0.2, 0.25) is 0 Å². The van der Waals surface area contributed by atoms with Crippen LogP contribution < -0.4 is 9.47 Å². The molecule has 0 fully saturated rings. The summed E-state index contributed by atoms with van der Waals surface area (Å²) in [6.07, 6.45) is 3.97. The van der Waals surface area contributed by atoms with Gasteiger partial charge in [0.1, 0.15) is 17.1 Å². The lowest BCUT2D eigenvalue weighted by molar-refractivity contribution is -0.158. The molecule has 0 radical (unpaired) electrons. The summed E-state index contributed by atoms with van der Waals surface area (Å²) >= 11 is 0. The maximum atomic E-state index is 11.9. The van der Waals surface area contributed by atoms with Gasteiger partial charge < -0.3 is 18.9 Å². The molecule has 0 atom stereocenters. The summed E-state index contributed by atoms with van der Waals surface area (Å²) in [7, 11) is 4.01. The van der Waals surface area contributed by atoms with Crippen LogP contribution in [0.2, 0.25) is 0 Å². The third-order valence-electron chi connectivity index (χ3n) is 3.86. The van der Waals surface area contributed by atoms with Gasteiger partial charge in [0.05, 0.1) is 26.9 Å². The average Bonchev–Trinajstić information content (AvgIpc) is 2.57. The number of hydrogen-bond acceptors (Lipinski definition) is 6. The van der Waals surface area contributed by atoms with Crippen molar-refractivity contribution in [1.82, 2.24) is 0 Å². The Morgan fingerprint density at radius 3 is 2.29 bits per heavy atom. The predicted octanol–water partition coefficient (Wildman–Crippen LogP) is 2.38. The van der Waals surface area contributed by atoms with E-state index in [1.54, 1.807) is 6.07 Å². The molecule has 0 saturated heterocycles. The average molecular weight is 334 g/mol. The second-order valence-corrected chi connectivity index (χ2v) is 6.01. The smallest absolute Gasteiger partial charge is 0.320 e. The van der Waals surface area contributed by atoms with Crippen LogP contribution in [0.1, 0.15) is 25.0 Å². The van der Waals surface area contributed by atoms with Gasteiger partial charge in [-0.2, -0.15) is 0 Å². The van der Waals surface area contributed by atoms with Crippen molar-refractivity contribution < 1.29 is 28.5 Å². The molecule has 1 aliphatic heterocycles. The van der Waals surface area contributed by atoms with Gasteiger partial charge in [-0.1, -0.05) is 6.07 Å². The number of benzene rings is 1. The number of esters is 2. The van der Waals surface area contributed by atoms with Crippen LogP contribution in [0.3, 0.4) is 0 Å². The van der Waals surface area contributed by atoms with Crippen molar-refractivity contribution >= 4 is 18.0 Å². The SMILES string of the molecule is COC(=O)C(Cc1ccc2c(c1OC)C=CC(C)(C)O2)C(=O)OC. The summed E-state index contributed by atoms with van der Waals surface area (Å²) < 4.78 is 20.8. The Kier molecular flexibility index (Phi) is 5.17. The highest BCUT2D eigenvalue weighted by atomic mass is 16.5. The van der Waals surface area contributed by atoms with Gasteiger partial charge in [0.15, 0.2) is 5.92 Å². The largest absolute Gasteiger partial charge is 0.496 e. The van der Waals surface area contributed by atoms with Crippen molar-refractivity contribution in [2.45, 2.75) is 25.9 Å². The minimum absolute atomic E-state index is 0.118. The summed E-state index contributed by atoms with van der Waals surface area (Å²) in [5.41, 5.74) is 1.08. The molecule has 1 aromatic rings. The third-order valence-corrected chi connectivity index (χ3v) is 3.86. The van der Waals surface area contributed by atoms with Gasteiger partial charge >= 0.3 is 11.9 Å². The molecule has 6 heteroatoms. The highest BCUT2D eigenvalue weighted by Crippen LogP contribution is 2.39. The number of carbonyl (C=O) groups is 2. The zero-order valence-corrected chi connectivity index (χ0v) is 14.5. The molecule has 6 nitrogen and oxygen atoms in total. The predicted molar refractivity (Wildman–Crippen MR) is 88.0 cm³/mol. The second kappa shape index (κ2) is 6.95. The molecule has 24 heavy (non-hydrogen) atoms. The van der Waals surface area contributed by atoms with Crippen molar-refractivity contribution in [1.29, 1.82) is 0 Å². The first-order valence-corrected chi connectivity index (χ1v) is 7.56. The molecule has 0 amide bonds. The Morgan fingerprint density at radius 2 is 1.75 bits per heavy atom. The highest BCUT2D eigenvalue weighted by molar-refractivity contribution is 5.95. The van der Waals surface area contributed by atoms with E-state index in [0.29, 0.717) is 17.1 Å².